The van der Waals surface area contributed by atoms with Crippen LogP contribution in [0.25, 0.3) is 5.70 Å². The molecule has 1 aromatic heterocycles. The summed E-state index contributed by atoms with van der Waals surface area (Å²) >= 11 is 4.75. The molecule has 1 aromatic carbocycles. The van der Waals surface area contributed by atoms with E-state index in [1.807, 2.05) is 6.07 Å². The molecule has 108 valence electrons. The normalized spacial score (nSPS) is 11.2. The lowest BCUT2D eigenvalue weighted by atomic mass is 10.1. The number of aromatic nitrogens is 1. The van der Waals surface area contributed by atoms with E-state index in [0.717, 1.165) is 6.07 Å². The molecule has 0 spiro atoms. The zero-order chi connectivity index (χ0) is 15.2. The number of hydrogen-bond donors (Lipinski definition) is 3. The fourth-order valence-corrected chi connectivity index (χ4v) is 1.95. The fraction of sp³-hybridized carbons (Fsp3) is 0.0667. The molecule has 0 aliphatic heterocycles. The van der Waals surface area contributed by atoms with Gasteiger partial charge in [0.15, 0.2) is 0 Å². The van der Waals surface area contributed by atoms with E-state index in [4.69, 9.17) is 18.0 Å². The minimum Gasteiger partial charge on any atom is -0.507 e. The first-order chi connectivity index (χ1) is 10.1. The molecule has 6 heteroatoms. The monoisotopic (exact) mass is 303 g/mol. The van der Waals surface area contributed by atoms with Gasteiger partial charge < -0.3 is 16.2 Å². The Hall–Kier alpha value is -2.47. The molecule has 0 aliphatic carbocycles. The summed E-state index contributed by atoms with van der Waals surface area (Å²) in [6.45, 7) is 0.293. The second-order valence-electron chi connectivity index (χ2n) is 4.28. The first-order valence-corrected chi connectivity index (χ1v) is 6.66. The largest absolute Gasteiger partial charge is 0.507 e. The highest BCUT2D eigenvalue weighted by molar-refractivity contribution is 7.79. The molecule has 4 N–H and O–H groups in total. The van der Waals surface area contributed by atoms with Gasteiger partial charge in [-0.05, 0) is 24.3 Å². The van der Waals surface area contributed by atoms with Gasteiger partial charge in [-0.2, -0.15) is 0 Å². The molecule has 0 fully saturated rings. The summed E-state index contributed by atoms with van der Waals surface area (Å²) in [7, 11) is 0. The minimum atomic E-state index is -0.483. The molecule has 0 atom stereocenters. The van der Waals surface area contributed by atoms with Crippen molar-refractivity contribution < 1.29 is 9.50 Å². The Labute approximate surface area is 127 Å². The lowest BCUT2D eigenvalue weighted by Gasteiger charge is -2.11. The maximum Gasteiger partial charge on any atom is 0.135 e. The summed E-state index contributed by atoms with van der Waals surface area (Å²) in [5.74, 6) is -0.0304. The minimum absolute atomic E-state index is 0.109. The van der Waals surface area contributed by atoms with Crippen LogP contribution in [0.2, 0.25) is 0 Å². The van der Waals surface area contributed by atoms with Gasteiger partial charge in [0.25, 0.3) is 0 Å². The van der Waals surface area contributed by atoms with Crippen molar-refractivity contribution >= 4 is 29.1 Å². The van der Waals surface area contributed by atoms with Crippen LogP contribution >= 0.6 is 12.2 Å². The summed E-state index contributed by atoms with van der Waals surface area (Å²) in [5, 5.41) is 14.2. The zero-order valence-corrected chi connectivity index (χ0v) is 11.9. The SMILES string of the molecule is N/C(=C\C=S)c1cccnc1NCc1ccc(F)cc1O. The van der Waals surface area contributed by atoms with Crippen molar-refractivity contribution in [3.63, 3.8) is 0 Å². The van der Waals surface area contributed by atoms with E-state index < -0.39 is 5.82 Å². The van der Waals surface area contributed by atoms with Crippen LogP contribution in [0, 0.1) is 5.82 Å². The smallest absolute Gasteiger partial charge is 0.135 e. The topological polar surface area (TPSA) is 71.2 Å². The number of anilines is 1. The third kappa shape index (κ3) is 3.76. The second-order valence-corrected chi connectivity index (χ2v) is 4.56. The molecule has 0 bridgehead atoms. The highest BCUT2D eigenvalue weighted by Crippen LogP contribution is 2.22. The third-order valence-corrected chi connectivity index (χ3v) is 3.00. The van der Waals surface area contributed by atoms with Crippen molar-refractivity contribution in [1.29, 1.82) is 0 Å². The first kappa shape index (κ1) is 14.9. The number of aromatic hydroxyl groups is 1. The maximum atomic E-state index is 12.9. The van der Waals surface area contributed by atoms with Crippen molar-refractivity contribution in [2.24, 2.45) is 5.73 Å². The molecule has 0 aliphatic rings. The number of allylic oxidation sites excluding steroid dienone is 1. The molecule has 21 heavy (non-hydrogen) atoms. The van der Waals surface area contributed by atoms with Gasteiger partial charge in [0, 0.05) is 41.0 Å². The molecule has 0 radical (unpaired) electrons. The quantitative estimate of drug-likeness (QED) is 0.585. The molecule has 0 saturated carbocycles. The Morgan fingerprint density at radius 2 is 2.24 bits per heavy atom. The molecule has 4 nitrogen and oxygen atoms in total. The molecule has 0 amide bonds. The fourth-order valence-electron chi connectivity index (χ4n) is 1.81. The van der Waals surface area contributed by atoms with Crippen LogP contribution in [0.5, 0.6) is 5.75 Å². The summed E-state index contributed by atoms with van der Waals surface area (Å²) in [6.07, 6.45) is 3.23. The lowest BCUT2D eigenvalue weighted by Crippen LogP contribution is -2.07. The number of thiocarbonyl (C=S) groups is 1. The number of nitrogens with two attached hydrogens (primary N) is 1. The molecular formula is C15H14FN3OS. The van der Waals surface area contributed by atoms with E-state index in [-0.39, 0.29) is 5.75 Å². The van der Waals surface area contributed by atoms with Crippen molar-refractivity contribution in [2.75, 3.05) is 5.32 Å². The third-order valence-electron chi connectivity index (χ3n) is 2.86. The molecule has 2 rings (SSSR count). The van der Waals surface area contributed by atoms with Gasteiger partial charge in [-0.1, -0.05) is 18.3 Å². The van der Waals surface area contributed by atoms with Crippen LogP contribution in [0.4, 0.5) is 10.2 Å². The van der Waals surface area contributed by atoms with Crippen molar-refractivity contribution in [3.05, 3.63) is 59.5 Å². The molecule has 2 aromatic rings. The van der Waals surface area contributed by atoms with E-state index in [1.54, 1.807) is 18.3 Å². The predicted octanol–water partition coefficient (Wildman–Crippen LogP) is 2.84. The van der Waals surface area contributed by atoms with Gasteiger partial charge in [-0.25, -0.2) is 9.37 Å². The summed E-state index contributed by atoms with van der Waals surface area (Å²) < 4.78 is 12.9. The Balaban J connectivity index is 2.20. The molecular weight excluding hydrogens is 289 g/mol. The average Bonchev–Trinajstić information content (AvgIpc) is 2.47. The maximum absolute atomic E-state index is 12.9. The number of rotatable bonds is 5. The first-order valence-electron chi connectivity index (χ1n) is 6.19. The van der Waals surface area contributed by atoms with Gasteiger partial charge in [0.05, 0.1) is 0 Å². The number of hydrogen-bond acceptors (Lipinski definition) is 5. The van der Waals surface area contributed by atoms with Crippen LogP contribution in [0.3, 0.4) is 0 Å². The van der Waals surface area contributed by atoms with Crippen LogP contribution in [0.15, 0.2) is 42.6 Å². The van der Waals surface area contributed by atoms with Crippen LogP contribution < -0.4 is 11.1 Å². The van der Waals surface area contributed by atoms with E-state index in [1.165, 1.54) is 17.5 Å². The molecule has 1 heterocycles. The predicted molar refractivity (Wildman–Crippen MR) is 85.4 cm³/mol. The van der Waals surface area contributed by atoms with Crippen LogP contribution in [-0.4, -0.2) is 15.5 Å². The molecule has 0 unspecified atom stereocenters. The van der Waals surface area contributed by atoms with Crippen molar-refractivity contribution in [3.8, 4) is 5.75 Å². The number of nitrogens with one attached hydrogen (secondary N) is 1. The van der Waals surface area contributed by atoms with Crippen LogP contribution in [-0.2, 0) is 6.54 Å². The number of nitrogens with zero attached hydrogens (tertiary/aromatic N) is 1. The zero-order valence-electron chi connectivity index (χ0n) is 11.1. The van der Waals surface area contributed by atoms with E-state index in [2.05, 4.69) is 10.3 Å². The highest BCUT2D eigenvalue weighted by Gasteiger charge is 2.07. The lowest BCUT2D eigenvalue weighted by molar-refractivity contribution is 0.463. The second kappa shape index (κ2) is 6.81. The molecule has 0 saturated heterocycles. The summed E-state index contributed by atoms with van der Waals surface area (Å²) in [6, 6.07) is 7.44. The summed E-state index contributed by atoms with van der Waals surface area (Å²) in [4.78, 5) is 4.21. The van der Waals surface area contributed by atoms with E-state index in [0.29, 0.717) is 29.2 Å². The number of pyridine rings is 1. The van der Waals surface area contributed by atoms with Gasteiger partial charge in [0.1, 0.15) is 17.4 Å². The van der Waals surface area contributed by atoms with Gasteiger partial charge >= 0.3 is 0 Å². The Kier molecular flexibility index (Phi) is 4.84. The Morgan fingerprint density at radius 3 is 2.95 bits per heavy atom. The Bertz CT molecular complexity index is 688. The van der Waals surface area contributed by atoms with E-state index >= 15 is 0 Å². The van der Waals surface area contributed by atoms with Crippen molar-refractivity contribution in [2.45, 2.75) is 6.54 Å². The number of phenolic OH excluding ortho intramolecular Hbond substituents is 1. The van der Waals surface area contributed by atoms with Crippen LogP contribution in [0.1, 0.15) is 11.1 Å². The van der Waals surface area contributed by atoms with Gasteiger partial charge in [-0.3, -0.25) is 0 Å². The van der Waals surface area contributed by atoms with Gasteiger partial charge in [0.2, 0.25) is 0 Å². The standard InChI is InChI=1S/C15H14FN3OS/c16-11-4-3-10(14(20)8-11)9-19-15-12(2-1-6-18-15)13(17)5-7-21/h1-8,20H,9,17H2,(H,18,19)/b13-5-. The number of phenols is 1. The number of halogens is 1. The average molecular weight is 303 g/mol. The van der Waals surface area contributed by atoms with E-state index in [9.17, 15) is 9.50 Å². The summed E-state index contributed by atoms with van der Waals surface area (Å²) in [5.41, 5.74) is 7.67. The van der Waals surface area contributed by atoms with Gasteiger partial charge in [-0.15, -0.1) is 0 Å². The highest BCUT2D eigenvalue weighted by atomic mass is 32.1. The number of benzene rings is 1. The van der Waals surface area contributed by atoms with Crippen molar-refractivity contribution in [1.82, 2.24) is 4.98 Å². The Morgan fingerprint density at radius 1 is 1.43 bits per heavy atom.